The van der Waals surface area contributed by atoms with Gasteiger partial charge in [0.2, 0.25) is 5.91 Å². The number of rotatable bonds is 5. The molecule has 0 atom stereocenters. The summed E-state index contributed by atoms with van der Waals surface area (Å²) >= 11 is 0. The molecule has 0 spiro atoms. The summed E-state index contributed by atoms with van der Waals surface area (Å²) in [6, 6.07) is 3.05. The monoisotopic (exact) mass is 248 g/mol. The van der Waals surface area contributed by atoms with E-state index in [0.29, 0.717) is 12.4 Å². The molecule has 0 fully saturated rings. The van der Waals surface area contributed by atoms with Crippen molar-refractivity contribution >= 4 is 17.8 Å². The standard InChI is InChI=1S/C12H16N4O2/c1-3-6-13-11(17)8-15-12(18)16-10-5-4-9(2)7-14-10/h3-5,7H,1,6,8H2,2H3,(H,13,17)(H2,14,15,16,18). The molecule has 0 aliphatic rings. The molecule has 6 heteroatoms. The first-order valence-electron chi connectivity index (χ1n) is 5.47. The molecule has 3 N–H and O–H groups in total. The van der Waals surface area contributed by atoms with Crippen LogP contribution in [-0.4, -0.2) is 30.0 Å². The number of carbonyl (C=O) groups excluding carboxylic acids is 2. The van der Waals surface area contributed by atoms with Crippen LogP contribution in [0.5, 0.6) is 0 Å². The fourth-order valence-corrected chi connectivity index (χ4v) is 1.11. The largest absolute Gasteiger partial charge is 0.351 e. The molecule has 1 aromatic rings. The number of amides is 3. The van der Waals surface area contributed by atoms with Gasteiger partial charge in [-0.2, -0.15) is 0 Å². The molecule has 96 valence electrons. The lowest BCUT2D eigenvalue weighted by molar-refractivity contribution is -0.119. The van der Waals surface area contributed by atoms with E-state index in [1.54, 1.807) is 18.3 Å². The second-order valence-corrected chi connectivity index (χ2v) is 3.62. The summed E-state index contributed by atoms with van der Waals surface area (Å²) in [5, 5.41) is 7.48. The second-order valence-electron chi connectivity index (χ2n) is 3.62. The SMILES string of the molecule is C=CCNC(=O)CNC(=O)Nc1ccc(C)cn1. The quantitative estimate of drug-likeness (QED) is 0.674. The lowest BCUT2D eigenvalue weighted by Gasteiger charge is -2.07. The fraction of sp³-hybridized carbons (Fsp3) is 0.250. The van der Waals surface area contributed by atoms with Crippen LogP contribution in [0, 0.1) is 6.92 Å². The van der Waals surface area contributed by atoms with Crippen molar-refractivity contribution in [2.24, 2.45) is 0 Å². The van der Waals surface area contributed by atoms with E-state index in [1.165, 1.54) is 0 Å². The van der Waals surface area contributed by atoms with Crippen molar-refractivity contribution in [3.63, 3.8) is 0 Å². The van der Waals surface area contributed by atoms with Crippen LogP contribution in [-0.2, 0) is 4.79 Å². The van der Waals surface area contributed by atoms with Gasteiger partial charge in [0.15, 0.2) is 0 Å². The van der Waals surface area contributed by atoms with Crippen molar-refractivity contribution in [3.8, 4) is 0 Å². The Morgan fingerprint density at radius 1 is 1.39 bits per heavy atom. The third kappa shape index (κ3) is 5.11. The van der Waals surface area contributed by atoms with Gasteiger partial charge in [-0.1, -0.05) is 12.1 Å². The van der Waals surface area contributed by atoms with Gasteiger partial charge < -0.3 is 10.6 Å². The molecule has 0 radical (unpaired) electrons. The Morgan fingerprint density at radius 3 is 2.78 bits per heavy atom. The van der Waals surface area contributed by atoms with Crippen molar-refractivity contribution in [2.75, 3.05) is 18.4 Å². The van der Waals surface area contributed by atoms with Gasteiger partial charge >= 0.3 is 6.03 Å². The van der Waals surface area contributed by atoms with Gasteiger partial charge in [0.25, 0.3) is 0 Å². The summed E-state index contributed by atoms with van der Waals surface area (Å²) < 4.78 is 0. The molecule has 18 heavy (non-hydrogen) atoms. The Labute approximate surface area is 105 Å². The first-order chi connectivity index (χ1) is 8.61. The molecule has 1 aromatic heterocycles. The van der Waals surface area contributed by atoms with Crippen LogP contribution in [0.2, 0.25) is 0 Å². The van der Waals surface area contributed by atoms with Crippen molar-refractivity contribution < 1.29 is 9.59 Å². The number of hydrogen-bond acceptors (Lipinski definition) is 3. The summed E-state index contributed by atoms with van der Waals surface area (Å²) in [7, 11) is 0. The number of aromatic nitrogens is 1. The number of carbonyl (C=O) groups is 2. The predicted molar refractivity (Wildman–Crippen MR) is 69.2 cm³/mol. The zero-order valence-corrected chi connectivity index (χ0v) is 10.2. The van der Waals surface area contributed by atoms with Gasteiger partial charge in [0, 0.05) is 12.7 Å². The van der Waals surface area contributed by atoms with Crippen LogP contribution in [0.3, 0.4) is 0 Å². The molecule has 0 saturated carbocycles. The molecular formula is C12H16N4O2. The Bertz CT molecular complexity index is 428. The summed E-state index contributed by atoms with van der Waals surface area (Å²) in [4.78, 5) is 26.6. The van der Waals surface area contributed by atoms with Crippen LogP contribution in [0.15, 0.2) is 31.0 Å². The highest BCUT2D eigenvalue weighted by molar-refractivity contribution is 5.91. The van der Waals surface area contributed by atoms with Crippen molar-refractivity contribution in [1.82, 2.24) is 15.6 Å². The molecule has 3 amide bonds. The first kappa shape index (κ1) is 13.7. The molecule has 0 unspecified atom stereocenters. The number of anilines is 1. The maximum atomic E-state index is 11.4. The molecule has 0 bridgehead atoms. The third-order valence-corrected chi connectivity index (χ3v) is 2.01. The minimum absolute atomic E-state index is 0.0917. The van der Waals surface area contributed by atoms with E-state index in [-0.39, 0.29) is 12.5 Å². The van der Waals surface area contributed by atoms with E-state index in [0.717, 1.165) is 5.56 Å². The Kier molecular flexibility index (Phi) is 5.37. The van der Waals surface area contributed by atoms with Crippen molar-refractivity contribution in [2.45, 2.75) is 6.92 Å². The fourth-order valence-electron chi connectivity index (χ4n) is 1.11. The van der Waals surface area contributed by atoms with E-state index >= 15 is 0 Å². The minimum Gasteiger partial charge on any atom is -0.351 e. The van der Waals surface area contributed by atoms with Crippen LogP contribution in [0.1, 0.15) is 5.56 Å². The summed E-state index contributed by atoms with van der Waals surface area (Å²) in [5.74, 6) is 0.159. The average molecular weight is 248 g/mol. The molecule has 1 rings (SSSR count). The summed E-state index contributed by atoms with van der Waals surface area (Å²) in [6.07, 6.45) is 3.21. The third-order valence-electron chi connectivity index (χ3n) is 2.01. The molecule has 1 heterocycles. The molecular weight excluding hydrogens is 232 g/mol. The number of pyridine rings is 1. The Balaban J connectivity index is 2.31. The molecule has 6 nitrogen and oxygen atoms in total. The molecule has 0 aliphatic carbocycles. The maximum absolute atomic E-state index is 11.4. The smallest absolute Gasteiger partial charge is 0.320 e. The molecule has 0 aliphatic heterocycles. The highest BCUT2D eigenvalue weighted by atomic mass is 16.2. The van der Waals surface area contributed by atoms with Gasteiger partial charge in [-0.15, -0.1) is 6.58 Å². The van der Waals surface area contributed by atoms with Crippen LogP contribution >= 0.6 is 0 Å². The number of nitrogens with one attached hydrogen (secondary N) is 3. The second kappa shape index (κ2) is 7.05. The lowest BCUT2D eigenvalue weighted by Crippen LogP contribution is -2.39. The zero-order chi connectivity index (χ0) is 13.4. The zero-order valence-electron chi connectivity index (χ0n) is 10.2. The van der Waals surface area contributed by atoms with E-state index in [2.05, 4.69) is 27.5 Å². The van der Waals surface area contributed by atoms with Crippen molar-refractivity contribution in [1.29, 1.82) is 0 Å². The average Bonchev–Trinajstić information content (AvgIpc) is 2.36. The lowest BCUT2D eigenvalue weighted by atomic mass is 10.3. The van der Waals surface area contributed by atoms with E-state index in [4.69, 9.17) is 0 Å². The predicted octanol–water partition coefficient (Wildman–Crippen LogP) is 0.814. The highest BCUT2D eigenvalue weighted by Crippen LogP contribution is 2.02. The van der Waals surface area contributed by atoms with E-state index in [1.807, 2.05) is 13.0 Å². The Morgan fingerprint density at radius 2 is 2.17 bits per heavy atom. The highest BCUT2D eigenvalue weighted by Gasteiger charge is 2.04. The topological polar surface area (TPSA) is 83.1 Å². The number of urea groups is 1. The van der Waals surface area contributed by atoms with Gasteiger partial charge in [-0.3, -0.25) is 10.1 Å². The number of hydrogen-bond donors (Lipinski definition) is 3. The van der Waals surface area contributed by atoms with Gasteiger partial charge in [0.1, 0.15) is 5.82 Å². The number of aryl methyl sites for hydroxylation is 1. The summed E-state index contributed by atoms with van der Waals surface area (Å²) in [5.41, 5.74) is 1.00. The van der Waals surface area contributed by atoms with Gasteiger partial charge in [-0.05, 0) is 18.6 Å². The molecule has 0 aromatic carbocycles. The van der Waals surface area contributed by atoms with Crippen LogP contribution in [0.4, 0.5) is 10.6 Å². The summed E-state index contributed by atoms with van der Waals surface area (Å²) in [6.45, 7) is 5.66. The van der Waals surface area contributed by atoms with Crippen LogP contribution < -0.4 is 16.0 Å². The van der Waals surface area contributed by atoms with Gasteiger partial charge in [0.05, 0.1) is 6.54 Å². The van der Waals surface area contributed by atoms with Crippen LogP contribution in [0.25, 0.3) is 0 Å². The van der Waals surface area contributed by atoms with Crippen molar-refractivity contribution in [3.05, 3.63) is 36.5 Å². The molecule has 0 saturated heterocycles. The minimum atomic E-state index is -0.472. The first-order valence-corrected chi connectivity index (χ1v) is 5.47. The normalized spacial score (nSPS) is 9.39. The van der Waals surface area contributed by atoms with E-state index in [9.17, 15) is 9.59 Å². The Hall–Kier alpha value is -2.37. The number of nitrogens with zero attached hydrogens (tertiary/aromatic N) is 1. The maximum Gasteiger partial charge on any atom is 0.320 e. The van der Waals surface area contributed by atoms with E-state index < -0.39 is 6.03 Å². The van der Waals surface area contributed by atoms with Gasteiger partial charge in [-0.25, -0.2) is 9.78 Å².